The van der Waals surface area contributed by atoms with Gasteiger partial charge >= 0.3 is 0 Å². The van der Waals surface area contributed by atoms with Crippen molar-refractivity contribution in [1.29, 1.82) is 0 Å². The van der Waals surface area contributed by atoms with Crippen molar-refractivity contribution in [3.8, 4) is 11.5 Å². The standard InChI is InChI=1S/C15H18N4O2S.HI/c1-10-17-8-12(22-10)9-18-15(16)19-11-3-4-13-14(7-11)21-6-2-5-20-13;/h3-4,7-8H,2,5-6,9H2,1H3,(H3,16,18,19);1H. The molecule has 0 fully saturated rings. The Bertz CT molecular complexity index is 690. The van der Waals surface area contributed by atoms with Gasteiger partial charge in [-0.15, -0.1) is 35.3 Å². The monoisotopic (exact) mass is 446 g/mol. The maximum Gasteiger partial charge on any atom is 0.193 e. The van der Waals surface area contributed by atoms with Crippen LogP contribution in [0.25, 0.3) is 0 Å². The van der Waals surface area contributed by atoms with E-state index in [1.54, 1.807) is 11.3 Å². The maximum absolute atomic E-state index is 5.92. The molecule has 3 N–H and O–H groups in total. The van der Waals surface area contributed by atoms with E-state index in [1.807, 2.05) is 31.3 Å². The third kappa shape index (κ3) is 4.96. The van der Waals surface area contributed by atoms with Crippen molar-refractivity contribution in [2.45, 2.75) is 19.9 Å². The number of ether oxygens (including phenoxy) is 2. The Balaban J connectivity index is 0.00000192. The smallest absolute Gasteiger partial charge is 0.193 e. The van der Waals surface area contributed by atoms with Crippen molar-refractivity contribution in [2.24, 2.45) is 10.7 Å². The van der Waals surface area contributed by atoms with Gasteiger partial charge in [0.05, 0.1) is 24.8 Å². The van der Waals surface area contributed by atoms with E-state index in [0.717, 1.165) is 33.5 Å². The molecule has 0 saturated heterocycles. The summed E-state index contributed by atoms with van der Waals surface area (Å²) in [5, 5.41) is 4.09. The van der Waals surface area contributed by atoms with Gasteiger partial charge in [0.1, 0.15) is 0 Å². The first-order chi connectivity index (χ1) is 10.7. The molecule has 124 valence electrons. The Morgan fingerprint density at radius 1 is 1.35 bits per heavy atom. The molecule has 6 nitrogen and oxygen atoms in total. The Hall–Kier alpha value is -1.55. The van der Waals surface area contributed by atoms with Gasteiger partial charge in [0.2, 0.25) is 0 Å². The van der Waals surface area contributed by atoms with Gasteiger partial charge in [0, 0.05) is 29.2 Å². The number of halogens is 1. The lowest BCUT2D eigenvalue weighted by atomic mass is 10.3. The van der Waals surface area contributed by atoms with E-state index < -0.39 is 0 Å². The highest BCUT2D eigenvalue weighted by molar-refractivity contribution is 14.0. The summed E-state index contributed by atoms with van der Waals surface area (Å²) in [4.78, 5) is 9.59. The largest absolute Gasteiger partial charge is 0.490 e. The van der Waals surface area contributed by atoms with Crippen LogP contribution in [0, 0.1) is 6.92 Å². The molecule has 1 aromatic heterocycles. The zero-order chi connectivity index (χ0) is 15.4. The van der Waals surface area contributed by atoms with Crippen LogP contribution in [0.3, 0.4) is 0 Å². The Morgan fingerprint density at radius 2 is 2.13 bits per heavy atom. The molecule has 0 saturated carbocycles. The van der Waals surface area contributed by atoms with E-state index in [-0.39, 0.29) is 24.0 Å². The van der Waals surface area contributed by atoms with Crippen LogP contribution in [0.4, 0.5) is 5.69 Å². The summed E-state index contributed by atoms with van der Waals surface area (Å²) >= 11 is 1.62. The number of benzene rings is 1. The molecule has 2 aromatic rings. The third-order valence-electron chi connectivity index (χ3n) is 3.09. The number of rotatable bonds is 3. The van der Waals surface area contributed by atoms with E-state index in [1.165, 1.54) is 0 Å². The number of guanidine groups is 1. The zero-order valence-corrected chi connectivity index (χ0v) is 15.9. The van der Waals surface area contributed by atoms with Crippen molar-refractivity contribution in [2.75, 3.05) is 18.5 Å². The van der Waals surface area contributed by atoms with Crippen LogP contribution in [0.2, 0.25) is 0 Å². The molecular weight excluding hydrogens is 427 g/mol. The summed E-state index contributed by atoms with van der Waals surface area (Å²) in [6.45, 7) is 3.83. The molecule has 8 heteroatoms. The molecule has 0 unspecified atom stereocenters. The average molecular weight is 446 g/mol. The lowest BCUT2D eigenvalue weighted by molar-refractivity contribution is 0.297. The Morgan fingerprint density at radius 3 is 2.87 bits per heavy atom. The maximum atomic E-state index is 5.92. The molecule has 0 radical (unpaired) electrons. The lowest BCUT2D eigenvalue weighted by Gasteiger charge is -2.10. The molecule has 0 aliphatic carbocycles. The van der Waals surface area contributed by atoms with E-state index >= 15 is 0 Å². The molecular formula is C15H19IN4O2S. The molecule has 1 aliphatic heterocycles. The lowest BCUT2D eigenvalue weighted by Crippen LogP contribution is -2.22. The minimum absolute atomic E-state index is 0. The van der Waals surface area contributed by atoms with Crippen LogP contribution >= 0.6 is 35.3 Å². The number of hydrogen-bond donors (Lipinski definition) is 2. The number of nitrogens with zero attached hydrogens (tertiary/aromatic N) is 2. The van der Waals surface area contributed by atoms with Gasteiger partial charge in [0.25, 0.3) is 0 Å². The highest BCUT2D eigenvalue weighted by Crippen LogP contribution is 2.32. The summed E-state index contributed by atoms with van der Waals surface area (Å²) in [6, 6.07) is 5.65. The fourth-order valence-corrected chi connectivity index (χ4v) is 2.79. The first-order valence-electron chi connectivity index (χ1n) is 7.08. The SMILES string of the molecule is Cc1ncc(CN=C(N)Nc2ccc3c(c2)OCCCO3)s1.I. The zero-order valence-electron chi connectivity index (χ0n) is 12.7. The van der Waals surface area contributed by atoms with E-state index in [2.05, 4.69) is 15.3 Å². The molecule has 0 spiro atoms. The molecule has 0 bridgehead atoms. The van der Waals surface area contributed by atoms with E-state index in [9.17, 15) is 0 Å². The fraction of sp³-hybridized carbons (Fsp3) is 0.333. The van der Waals surface area contributed by atoms with Crippen LogP contribution in [0.5, 0.6) is 11.5 Å². The molecule has 0 amide bonds. The van der Waals surface area contributed by atoms with Crippen LogP contribution in [0.15, 0.2) is 29.4 Å². The van der Waals surface area contributed by atoms with Gasteiger partial charge in [-0.3, -0.25) is 0 Å². The minimum atomic E-state index is 0. The summed E-state index contributed by atoms with van der Waals surface area (Å²) in [6.07, 6.45) is 2.71. The number of aromatic nitrogens is 1. The summed E-state index contributed by atoms with van der Waals surface area (Å²) in [5.41, 5.74) is 6.74. The second-order valence-electron chi connectivity index (χ2n) is 4.88. The number of anilines is 1. The first kappa shape index (κ1) is 17.8. The average Bonchev–Trinajstić information content (AvgIpc) is 2.78. The van der Waals surface area contributed by atoms with Crippen LogP contribution in [-0.4, -0.2) is 24.2 Å². The van der Waals surface area contributed by atoms with Crippen molar-refractivity contribution >= 4 is 47.0 Å². The van der Waals surface area contributed by atoms with Crippen LogP contribution < -0.4 is 20.5 Å². The third-order valence-corrected chi connectivity index (χ3v) is 3.99. The van der Waals surface area contributed by atoms with Gasteiger partial charge in [-0.25, -0.2) is 9.98 Å². The molecule has 1 aromatic carbocycles. The van der Waals surface area contributed by atoms with E-state index in [4.69, 9.17) is 15.2 Å². The number of nitrogens with one attached hydrogen (secondary N) is 1. The topological polar surface area (TPSA) is 81.8 Å². The van der Waals surface area contributed by atoms with E-state index in [0.29, 0.717) is 25.7 Å². The first-order valence-corrected chi connectivity index (χ1v) is 7.90. The van der Waals surface area contributed by atoms with Crippen molar-refractivity contribution in [3.63, 3.8) is 0 Å². The number of aryl methyl sites for hydroxylation is 1. The molecule has 2 heterocycles. The van der Waals surface area contributed by atoms with Gasteiger partial charge in [-0.05, 0) is 19.1 Å². The summed E-state index contributed by atoms with van der Waals surface area (Å²) in [7, 11) is 0. The molecule has 0 atom stereocenters. The Kier molecular flexibility index (Phi) is 6.46. The van der Waals surface area contributed by atoms with Gasteiger partial charge in [-0.2, -0.15) is 0 Å². The van der Waals surface area contributed by atoms with Crippen molar-refractivity contribution < 1.29 is 9.47 Å². The second-order valence-corrected chi connectivity index (χ2v) is 6.20. The molecule has 23 heavy (non-hydrogen) atoms. The number of hydrogen-bond acceptors (Lipinski definition) is 5. The number of thiazole rings is 1. The quantitative estimate of drug-likeness (QED) is 0.430. The predicted octanol–water partition coefficient (Wildman–Crippen LogP) is 3.16. The summed E-state index contributed by atoms with van der Waals surface area (Å²) in [5.74, 6) is 1.85. The number of fused-ring (bicyclic) bond motifs is 1. The molecule has 3 rings (SSSR count). The Labute approximate surface area is 156 Å². The number of nitrogens with two attached hydrogens (primary N) is 1. The highest BCUT2D eigenvalue weighted by Gasteiger charge is 2.10. The van der Waals surface area contributed by atoms with Gasteiger partial charge in [-0.1, -0.05) is 0 Å². The highest BCUT2D eigenvalue weighted by atomic mass is 127. The predicted molar refractivity (Wildman–Crippen MR) is 103 cm³/mol. The second kappa shape index (κ2) is 8.34. The normalized spacial score (nSPS) is 13.9. The minimum Gasteiger partial charge on any atom is -0.490 e. The van der Waals surface area contributed by atoms with Crippen molar-refractivity contribution in [1.82, 2.24) is 4.98 Å². The van der Waals surface area contributed by atoms with Gasteiger partial charge < -0.3 is 20.5 Å². The molecule has 1 aliphatic rings. The van der Waals surface area contributed by atoms with Crippen molar-refractivity contribution in [3.05, 3.63) is 34.3 Å². The fourth-order valence-electron chi connectivity index (χ4n) is 2.07. The summed E-state index contributed by atoms with van der Waals surface area (Å²) < 4.78 is 11.2. The van der Waals surface area contributed by atoms with Crippen LogP contribution in [-0.2, 0) is 6.54 Å². The van der Waals surface area contributed by atoms with Gasteiger partial charge in [0.15, 0.2) is 17.5 Å². The van der Waals surface area contributed by atoms with Crippen LogP contribution in [0.1, 0.15) is 16.3 Å². The number of aliphatic imine (C=N–C) groups is 1.